The number of unbranched alkanes of at least 4 members (excludes halogenated alkanes) is 58. The highest BCUT2D eigenvalue weighted by Gasteiger charge is 2.18. The SMILES string of the molecule is CCCCCCCCC/C=C\CCCCCCCC(=O)OCCCCCCCCCCCCCCCCCCCC/C=C\CCCCCCCCCCCCCCCCCCCC(=O)NC(CO)C(O)/C=C/CCCCCCCCCCCCC. The molecule has 0 spiro atoms. The highest BCUT2D eigenvalue weighted by Crippen LogP contribution is 2.19. The van der Waals surface area contributed by atoms with E-state index in [0.717, 1.165) is 44.9 Å². The molecule has 0 rings (SSSR count). The molecular weight excluding hydrogens is 1040 g/mol. The van der Waals surface area contributed by atoms with Crippen LogP contribution < -0.4 is 5.32 Å². The number of hydrogen-bond acceptors (Lipinski definition) is 5. The first kappa shape index (κ1) is 83.1. The minimum absolute atomic E-state index is 0.0154. The number of aliphatic hydroxyl groups excluding tert-OH is 2. The van der Waals surface area contributed by atoms with Crippen molar-refractivity contribution >= 4 is 11.9 Å². The third-order valence-corrected chi connectivity index (χ3v) is 18.1. The Morgan fingerprint density at radius 2 is 0.553 bits per heavy atom. The Balaban J connectivity index is 3.32. The monoisotopic (exact) mass is 1190 g/mol. The first-order valence-electron chi connectivity index (χ1n) is 38.8. The largest absolute Gasteiger partial charge is 0.466 e. The van der Waals surface area contributed by atoms with E-state index in [9.17, 15) is 19.8 Å². The van der Waals surface area contributed by atoms with Crippen LogP contribution in [0.15, 0.2) is 36.5 Å². The number of aliphatic hydroxyl groups is 2. The molecule has 0 saturated heterocycles. The average Bonchev–Trinajstić information content (AvgIpc) is 3.51. The summed E-state index contributed by atoms with van der Waals surface area (Å²) in [6.07, 6.45) is 97.0. The molecule has 0 bridgehead atoms. The van der Waals surface area contributed by atoms with Gasteiger partial charge in [-0.05, 0) is 83.5 Å². The molecule has 0 aromatic carbocycles. The lowest BCUT2D eigenvalue weighted by Gasteiger charge is -2.20. The van der Waals surface area contributed by atoms with Crippen LogP contribution in [0.1, 0.15) is 431 Å². The van der Waals surface area contributed by atoms with Crippen molar-refractivity contribution in [3.05, 3.63) is 36.5 Å². The summed E-state index contributed by atoms with van der Waals surface area (Å²) < 4.78 is 5.50. The summed E-state index contributed by atoms with van der Waals surface area (Å²) in [5.41, 5.74) is 0. The molecule has 0 aliphatic carbocycles. The van der Waals surface area contributed by atoms with Gasteiger partial charge in [-0.15, -0.1) is 0 Å². The second kappa shape index (κ2) is 74.5. The number of hydrogen-bond donors (Lipinski definition) is 3. The van der Waals surface area contributed by atoms with E-state index in [-0.39, 0.29) is 18.5 Å². The molecule has 1 amide bonds. The first-order valence-corrected chi connectivity index (χ1v) is 38.8. The van der Waals surface area contributed by atoms with E-state index >= 15 is 0 Å². The molecule has 0 aromatic heterocycles. The zero-order valence-corrected chi connectivity index (χ0v) is 57.6. The molecule has 0 heterocycles. The number of nitrogens with one attached hydrogen (secondary N) is 1. The Hall–Kier alpha value is -1.92. The normalized spacial score (nSPS) is 12.7. The number of esters is 1. The standard InChI is InChI=1S/C79H151NO5/c1-3-5-7-9-11-13-15-17-18-45-49-53-57-61-65-69-73-79(84)85-74-70-66-62-58-54-50-46-43-41-39-37-35-33-31-29-27-25-23-21-19-20-22-24-26-28-30-32-34-36-38-40-42-44-48-52-56-60-64-68-72-78(83)80-76(75-81)77(82)71-67-63-59-55-51-47-16-14-12-10-8-6-4-2/h18-20,45,67,71,76-77,81-82H,3-17,21-44,46-66,68-70,72-75H2,1-2H3,(H,80,83)/b20-19-,45-18-,71-67+. The number of ether oxygens (including phenoxy) is 1. The zero-order chi connectivity index (χ0) is 61.3. The third-order valence-electron chi connectivity index (χ3n) is 18.1. The summed E-state index contributed by atoms with van der Waals surface area (Å²) in [5.74, 6) is -0.0465. The molecule has 502 valence electrons. The minimum Gasteiger partial charge on any atom is -0.466 e. The molecule has 0 aromatic rings. The Morgan fingerprint density at radius 1 is 0.318 bits per heavy atom. The Kier molecular flexibility index (Phi) is 72.9. The van der Waals surface area contributed by atoms with Crippen molar-refractivity contribution in [2.75, 3.05) is 13.2 Å². The number of amides is 1. The number of rotatable bonds is 73. The maximum Gasteiger partial charge on any atom is 0.305 e. The van der Waals surface area contributed by atoms with Crippen molar-refractivity contribution in [3.8, 4) is 0 Å². The van der Waals surface area contributed by atoms with Crippen LogP contribution in [0.25, 0.3) is 0 Å². The zero-order valence-electron chi connectivity index (χ0n) is 57.6. The van der Waals surface area contributed by atoms with Crippen molar-refractivity contribution in [2.24, 2.45) is 0 Å². The molecule has 0 radical (unpaired) electrons. The summed E-state index contributed by atoms with van der Waals surface area (Å²) >= 11 is 0. The van der Waals surface area contributed by atoms with E-state index in [1.807, 2.05) is 6.08 Å². The van der Waals surface area contributed by atoms with Crippen molar-refractivity contribution in [3.63, 3.8) is 0 Å². The molecule has 85 heavy (non-hydrogen) atoms. The van der Waals surface area contributed by atoms with Gasteiger partial charge < -0.3 is 20.3 Å². The van der Waals surface area contributed by atoms with E-state index in [0.29, 0.717) is 19.4 Å². The van der Waals surface area contributed by atoms with E-state index in [2.05, 4.69) is 43.5 Å². The van der Waals surface area contributed by atoms with Crippen molar-refractivity contribution < 1.29 is 24.5 Å². The van der Waals surface area contributed by atoms with Gasteiger partial charge in [0, 0.05) is 12.8 Å². The Morgan fingerprint density at radius 3 is 0.835 bits per heavy atom. The molecule has 3 N–H and O–H groups in total. The Bertz CT molecular complexity index is 1380. The third kappa shape index (κ3) is 71.0. The van der Waals surface area contributed by atoms with E-state index < -0.39 is 12.1 Å². The topological polar surface area (TPSA) is 95.9 Å². The van der Waals surface area contributed by atoms with Crippen molar-refractivity contribution in [1.82, 2.24) is 5.32 Å². The smallest absolute Gasteiger partial charge is 0.305 e. The van der Waals surface area contributed by atoms with Crippen molar-refractivity contribution in [2.45, 2.75) is 443 Å². The van der Waals surface area contributed by atoms with E-state index in [4.69, 9.17) is 4.74 Å². The minimum atomic E-state index is -0.840. The van der Waals surface area contributed by atoms with Gasteiger partial charge in [-0.3, -0.25) is 9.59 Å². The van der Waals surface area contributed by atoms with Crippen LogP contribution in [-0.4, -0.2) is 47.4 Å². The van der Waals surface area contributed by atoms with Gasteiger partial charge in [0.2, 0.25) is 5.91 Å². The molecule has 2 atom stereocenters. The van der Waals surface area contributed by atoms with Gasteiger partial charge in [0.25, 0.3) is 0 Å². The van der Waals surface area contributed by atoms with Gasteiger partial charge in [-0.1, -0.05) is 371 Å². The molecule has 6 heteroatoms. The summed E-state index contributed by atoms with van der Waals surface area (Å²) in [5, 5.41) is 23.1. The molecule has 0 fully saturated rings. The van der Waals surface area contributed by atoms with Gasteiger partial charge in [0.05, 0.1) is 25.4 Å². The maximum absolute atomic E-state index is 12.5. The van der Waals surface area contributed by atoms with Crippen LogP contribution >= 0.6 is 0 Å². The predicted molar refractivity (Wildman–Crippen MR) is 375 cm³/mol. The summed E-state index contributed by atoms with van der Waals surface area (Å²) in [6, 6.07) is -0.624. The molecule has 6 nitrogen and oxygen atoms in total. The first-order chi connectivity index (χ1) is 42.0. The van der Waals surface area contributed by atoms with Gasteiger partial charge in [0.1, 0.15) is 0 Å². The number of carbonyl (C=O) groups excluding carboxylic acids is 2. The highest BCUT2D eigenvalue weighted by atomic mass is 16.5. The summed E-state index contributed by atoms with van der Waals surface area (Å²) in [6.45, 7) is 4.93. The lowest BCUT2D eigenvalue weighted by molar-refractivity contribution is -0.143. The van der Waals surface area contributed by atoms with Crippen molar-refractivity contribution in [1.29, 1.82) is 0 Å². The van der Waals surface area contributed by atoms with Gasteiger partial charge in [0.15, 0.2) is 0 Å². The maximum atomic E-state index is 12.5. The number of allylic oxidation sites excluding steroid dienone is 5. The molecule has 2 unspecified atom stereocenters. The fourth-order valence-electron chi connectivity index (χ4n) is 12.2. The average molecular weight is 1200 g/mol. The van der Waals surface area contributed by atoms with Crippen LogP contribution in [-0.2, 0) is 14.3 Å². The van der Waals surface area contributed by atoms with Crippen LogP contribution in [0.5, 0.6) is 0 Å². The summed E-state index contributed by atoms with van der Waals surface area (Å²) in [7, 11) is 0. The van der Waals surface area contributed by atoms with Gasteiger partial charge >= 0.3 is 5.97 Å². The molecule has 0 saturated carbocycles. The van der Waals surface area contributed by atoms with E-state index in [1.165, 1.54) is 360 Å². The molecule has 0 aliphatic heterocycles. The quantitative estimate of drug-likeness (QED) is 0.0320. The summed E-state index contributed by atoms with van der Waals surface area (Å²) in [4.78, 5) is 24.6. The molecule has 0 aliphatic rings. The van der Waals surface area contributed by atoms with E-state index in [1.54, 1.807) is 6.08 Å². The predicted octanol–water partition coefficient (Wildman–Crippen LogP) is 25.4. The van der Waals surface area contributed by atoms with Crippen LogP contribution in [0.2, 0.25) is 0 Å². The number of carbonyl (C=O) groups is 2. The van der Waals surface area contributed by atoms with Gasteiger partial charge in [-0.2, -0.15) is 0 Å². The lowest BCUT2D eigenvalue weighted by atomic mass is 10.0. The second-order valence-corrected chi connectivity index (χ2v) is 26.7. The van der Waals surface area contributed by atoms with Crippen LogP contribution in [0.4, 0.5) is 0 Å². The highest BCUT2D eigenvalue weighted by molar-refractivity contribution is 5.76. The second-order valence-electron chi connectivity index (χ2n) is 26.7. The fraction of sp³-hybridized carbons (Fsp3) is 0.899. The van der Waals surface area contributed by atoms with Gasteiger partial charge in [-0.25, -0.2) is 0 Å². The fourth-order valence-corrected chi connectivity index (χ4v) is 12.2. The molecular formula is C79H151NO5. The Labute approximate surface area is 532 Å². The van der Waals surface area contributed by atoms with Crippen LogP contribution in [0.3, 0.4) is 0 Å². The lowest BCUT2D eigenvalue weighted by Crippen LogP contribution is -2.45. The van der Waals surface area contributed by atoms with Crippen LogP contribution in [0, 0.1) is 0 Å².